The van der Waals surface area contributed by atoms with Crippen molar-refractivity contribution in [3.63, 3.8) is 0 Å². The molecule has 1 heterocycles. The summed E-state index contributed by atoms with van der Waals surface area (Å²) >= 11 is 6.15. The maximum Gasteiger partial charge on any atom is 0.299 e. The van der Waals surface area contributed by atoms with E-state index in [-0.39, 0.29) is 12.1 Å². The number of benzene rings is 2. The second kappa shape index (κ2) is 4.97. The fourth-order valence-electron chi connectivity index (χ4n) is 2.38. The first-order chi connectivity index (χ1) is 9.97. The van der Waals surface area contributed by atoms with E-state index < -0.39 is 17.5 Å². The lowest BCUT2D eigenvalue weighted by Gasteiger charge is -2.17. The largest absolute Gasteiger partial charge is 0.300 e. The van der Waals surface area contributed by atoms with Gasteiger partial charge in [0.05, 0.1) is 17.8 Å². The SMILES string of the molecule is Cc1ccc(CN2C(=O)C(=O)c3ccc(F)cc32)c(Cl)c1. The number of carbonyl (C=O) groups excluding carboxylic acids is 2. The minimum atomic E-state index is -0.660. The summed E-state index contributed by atoms with van der Waals surface area (Å²) in [6.45, 7) is 2.05. The number of ketones is 1. The van der Waals surface area contributed by atoms with Gasteiger partial charge in [-0.3, -0.25) is 9.59 Å². The Balaban J connectivity index is 2.02. The van der Waals surface area contributed by atoms with Crippen molar-refractivity contribution in [1.29, 1.82) is 0 Å². The molecule has 5 heteroatoms. The molecule has 2 aromatic rings. The van der Waals surface area contributed by atoms with Crippen molar-refractivity contribution in [1.82, 2.24) is 0 Å². The van der Waals surface area contributed by atoms with E-state index in [1.54, 1.807) is 12.1 Å². The summed E-state index contributed by atoms with van der Waals surface area (Å²) in [4.78, 5) is 25.2. The van der Waals surface area contributed by atoms with E-state index >= 15 is 0 Å². The molecule has 0 aromatic heterocycles. The number of hydrogen-bond donors (Lipinski definition) is 0. The first kappa shape index (κ1) is 13.8. The number of anilines is 1. The van der Waals surface area contributed by atoms with Crippen molar-refractivity contribution in [2.75, 3.05) is 4.90 Å². The van der Waals surface area contributed by atoms with E-state index in [0.717, 1.165) is 5.56 Å². The summed E-state index contributed by atoms with van der Waals surface area (Å²) in [6, 6.07) is 9.16. The lowest BCUT2D eigenvalue weighted by molar-refractivity contribution is -0.114. The second-order valence-corrected chi connectivity index (χ2v) is 5.38. The Labute approximate surface area is 125 Å². The summed E-state index contributed by atoms with van der Waals surface area (Å²) in [5.74, 6) is -1.77. The van der Waals surface area contributed by atoms with Gasteiger partial charge in [-0.05, 0) is 42.3 Å². The molecule has 0 radical (unpaired) electrons. The number of aryl methyl sites for hydroxylation is 1. The van der Waals surface area contributed by atoms with Crippen molar-refractivity contribution in [2.24, 2.45) is 0 Å². The molecule has 0 atom stereocenters. The molecule has 0 unspecified atom stereocenters. The van der Waals surface area contributed by atoms with E-state index in [9.17, 15) is 14.0 Å². The molecular weight excluding hydrogens is 293 g/mol. The zero-order valence-corrected chi connectivity index (χ0v) is 11.9. The number of amides is 1. The minimum absolute atomic E-state index is 0.139. The molecule has 1 aliphatic rings. The third-order valence-electron chi connectivity index (χ3n) is 3.47. The van der Waals surface area contributed by atoms with Gasteiger partial charge in [-0.15, -0.1) is 0 Å². The summed E-state index contributed by atoms with van der Waals surface area (Å²) < 4.78 is 13.4. The Morgan fingerprint density at radius 1 is 1.14 bits per heavy atom. The van der Waals surface area contributed by atoms with Gasteiger partial charge in [0, 0.05) is 5.02 Å². The van der Waals surface area contributed by atoms with Gasteiger partial charge < -0.3 is 4.90 Å². The van der Waals surface area contributed by atoms with Gasteiger partial charge in [-0.1, -0.05) is 23.7 Å². The fraction of sp³-hybridized carbons (Fsp3) is 0.125. The summed E-state index contributed by atoms with van der Waals surface area (Å²) in [5, 5.41) is 0.514. The van der Waals surface area contributed by atoms with Crippen LogP contribution in [-0.2, 0) is 11.3 Å². The van der Waals surface area contributed by atoms with Crippen LogP contribution >= 0.6 is 11.6 Å². The summed E-state index contributed by atoms with van der Waals surface area (Å²) in [6.07, 6.45) is 0. The molecule has 0 N–H and O–H groups in total. The normalized spacial score (nSPS) is 13.8. The van der Waals surface area contributed by atoms with E-state index in [2.05, 4.69) is 0 Å². The smallest absolute Gasteiger partial charge is 0.299 e. The topological polar surface area (TPSA) is 37.4 Å². The van der Waals surface area contributed by atoms with Crippen LogP contribution in [0, 0.1) is 12.7 Å². The number of nitrogens with zero attached hydrogens (tertiary/aromatic N) is 1. The average molecular weight is 304 g/mol. The predicted molar refractivity (Wildman–Crippen MR) is 78.1 cm³/mol. The molecule has 2 aromatic carbocycles. The zero-order valence-electron chi connectivity index (χ0n) is 11.2. The quantitative estimate of drug-likeness (QED) is 0.796. The van der Waals surface area contributed by atoms with Gasteiger partial charge in [0.25, 0.3) is 11.7 Å². The number of hydrogen-bond acceptors (Lipinski definition) is 2. The monoisotopic (exact) mass is 303 g/mol. The molecule has 3 nitrogen and oxygen atoms in total. The van der Waals surface area contributed by atoms with Crippen LogP contribution in [-0.4, -0.2) is 11.7 Å². The Morgan fingerprint density at radius 2 is 1.90 bits per heavy atom. The third-order valence-corrected chi connectivity index (χ3v) is 3.82. The molecule has 0 spiro atoms. The molecule has 0 saturated carbocycles. The number of halogens is 2. The van der Waals surface area contributed by atoms with Crippen LogP contribution < -0.4 is 4.90 Å². The molecular formula is C16H11ClFNO2. The van der Waals surface area contributed by atoms with E-state index in [0.29, 0.717) is 16.3 Å². The molecule has 21 heavy (non-hydrogen) atoms. The summed E-state index contributed by atoms with van der Waals surface area (Å²) in [7, 11) is 0. The van der Waals surface area contributed by atoms with Gasteiger partial charge in [-0.2, -0.15) is 0 Å². The molecule has 0 aliphatic carbocycles. The predicted octanol–water partition coefficient (Wildman–Crippen LogP) is 3.52. The maximum absolute atomic E-state index is 13.4. The number of Topliss-reactive ketones (excluding diaryl/α,β-unsaturated/α-hetero) is 1. The standard InChI is InChI=1S/C16H11ClFNO2/c1-9-2-3-10(13(17)6-9)8-19-14-7-11(18)4-5-12(14)15(20)16(19)21/h2-7H,8H2,1H3. The van der Waals surface area contributed by atoms with Crippen molar-refractivity contribution in [2.45, 2.75) is 13.5 Å². The average Bonchev–Trinajstić information content (AvgIpc) is 2.66. The highest BCUT2D eigenvalue weighted by atomic mass is 35.5. The maximum atomic E-state index is 13.4. The molecule has 1 amide bonds. The van der Waals surface area contributed by atoms with Crippen molar-refractivity contribution in [3.8, 4) is 0 Å². The first-order valence-corrected chi connectivity index (χ1v) is 6.76. The van der Waals surface area contributed by atoms with E-state index in [4.69, 9.17) is 11.6 Å². The molecule has 106 valence electrons. The third kappa shape index (κ3) is 2.32. The van der Waals surface area contributed by atoms with Crippen LogP contribution in [0.1, 0.15) is 21.5 Å². The highest BCUT2D eigenvalue weighted by molar-refractivity contribution is 6.52. The van der Waals surface area contributed by atoms with Crippen molar-refractivity contribution >= 4 is 29.0 Å². The number of carbonyl (C=O) groups is 2. The van der Waals surface area contributed by atoms with Gasteiger partial charge in [0.2, 0.25) is 0 Å². The molecule has 3 rings (SSSR count). The van der Waals surface area contributed by atoms with Crippen molar-refractivity contribution < 1.29 is 14.0 Å². The second-order valence-electron chi connectivity index (χ2n) is 4.98. The van der Waals surface area contributed by atoms with Crippen molar-refractivity contribution in [3.05, 3.63) is 63.9 Å². The number of rotatable bonds is 2. The minimum Gasteiger partial charge on any atom is -0.300 e. The van der Waals surface area contributed by atoms with Crippen LogP contribution in [0.4, 0.5) is 10.1 Å². The van der Waals surface area contributed by atoms with Gasteiger partial charge in [0.1, 0.15) is 5.82 Å². The highest BCUT2D eigenvalue weighted by Gasteiger charge is 2.36. The Kier molecular flexibility index (Phi) is 3.26. The summed E-state index contributed by atoms with van der Waals surface area (Å²) in [5.41, 5.74) is 2.23. The molecule has 0 fully saturated rings. The fourth-order valence-corrected chi connectivity index (χ4v) is 2.67. The zero-order chi connectivity index (χ0) is 15.1. The Morgan fingerprint density at radius 3 is 2.62 bits per heavy atom. The molecule has 1 aliphatic heterocycles. The Hall–Kier alpha value is -2.20. The van der Waals surface area contributed by atoms with Gasteiger partial charge in [0.15, 0.2) is 0 Å². The lowest BCUT2D eigenvalue weighted by atomic mass is 10.1. The van der Waals surface area contributed by atoms with E-state index in [1.807, 2.05) is 13.0 Å². The van der Waals surface area contributed by atoms with Crippen LogP contribution in [0.25, 0.3) is 0 Å². The first-order valence-electron chi connectivity index (χ1n) is 6.38. The number of fused-ring (bicyclic) bond motifs is 1. The van der Waals surface area contributed by atoms with Gasteiger partial charge >= 0.3 is 0 Å². The van der Waals surface area contributed by atoms with Crippen LogP contribution in [0.5, 0.6) is 0 Å². The Bertz CT molecular complexity index is 773. The van der Waals surface area contributed by atoms with E-state index in [1.165, 1.54) is 23.1 Å². The van der Waals surface area contributed by atoms with Crippen LogP contribution in [0.2, 0.25) is 5.02 Å². The molecule has 0 saturated heterocycles. The lowest BCUT2D eigenvalue weighted by Crippen LogP contribution is -2.29. The van der Waals surface area contributed by atoms with Crippen LogP contribution in [0.3, 0.4) is 0 Å². The highest BCUT2D eigenvalue weighted by Crippen LogP contribution is 2.32. The molecule has 0 bridgehead atoms. The van der Waals surface area contributed by atoms with Crippen LogP contribution in [0.15, 0.2) is 36.4 Å². The van der Waals surface area contributed by atoms with Gasteiger partial charge in [-0.25, -0.2) is 4.39 Å².